The molecule has 1 N–H and O–H groups in total. The zero-order valence-electron chi connectivity index (χ0n) is 30.7. The average molecular weight is 753 g/mol. The van der Waals surface area contributed by atoms with Crippen LogP contribution in [0.3, 0.4) is 0 Å². The molecule has 1 saturated heterocycles. The molecule has 0 bridgehead atoms. The average Bonchev–Trinajstić information content (AvgIpc) is 3.52. The Morgan fingerprint density at radius 3 is 1.82 bits per heavy atom. The Hall–Kier alpha value is -6.08. The number of benzene rings is 3. The predicted octanol–water partition coefficient (Wildman–Crippen LogP) is 5.97. The van der Waals surface area contributed by atoms with Gasteiger partial charge in [-0.2, -0.15) is 0 Å². The number of aryl methyl sites for hydroxylation is 1. The van der Waals surface area contributed by atoms with Gasteiger partial charge in [-0.15, -0.1) is 0 Å². The van der Waals surface area contributed by atoms with Gasteiger partial charge in [0.25, 0.3) is 5.56 Å². The van der Waals surface area contributed by atoms with Crippen LogP contribution in [0, 0.1) is 6.92 Å². The monoisotopic (exact) mass is 752 g/mol. The third-order valence-electron chi connectivity index (χ3n) is 8.93. The quantitative estimate of drug-likeness (QED) is 0.0584. The summed E-state index contributed by atoms with van der Waals surface area (Å²) in [7, 11) is 0. The van der Waals surface area contributed by atoms with E-state index in [0.717, 1.165) is 38.2 Å². The molecule has 1 aliphatic rings. The van der Waals surface area contributed by atoms with E-state index >= 15 is 0 Å². The van der Waals surface area contributed by atoms with Crippen LogP contribution in [-0.4, -0.2) is 65.0 Å². The normalized spacial score (nSPS) is 17.8. The maximum absolute atomic E-state index is 14.1. The van der Waals surface area contributed by atoms with Gasteiger partial charge in [-0.05, 0) is 55.8 Å². The highest BCUT2D eigenvalue weighted by Gasteiger charge is 2.52. The van der Waals surface area contributed by atoms with Crippen molar-refractivity contribution in [2.75, 3.05) is 13.2 Å². The number of nitrogens with zero attached hydrogens (tertiary/aromatic N) is 1. The SMILES string of the molecule is CCCCCCCCOC(=O)C=Cc1c(C)[nH]c(=O)n(C2OC(COC(=O)c3ccccc3)C(OC(=O)c3ccccc3)C2OC(=O)c2ccccc2)c1=O. The fourth-order valence-corrected chi connectivity index (χ4v) is 6.02. The molecule has 1 fully saturated rings. The Bertz CT molecular complexity index is 2060. The van der Waals surface area contributed by atoms with Crippen molar-refractivity contribution in [3.63, 3.8) is 0 Å². The number of hydrogen-bond acceptors (Lipinski definition) is 11. The summed E-state index contributed by atoms with van der Waals surface area (Å²) >= 11 is 0. The van der Waals surface area contributed by atoms with Crippen LogP contribution < -0.4 is 11.2 Å². The number of esters is 4. The molecular weight excluding hydrogens is 708 g/mol. The van der Waals surface area contributed by atoms with Crippen molar-refractivity contribution >= 4 is 30.0 Å². The van der Waals surface area contributed by atoms with E-state index in [4.69, 9.17) is 23.7 Å². The van der Waals surface area contributed by atoms with Gasteiger partial charge in [0.1, 0.15) is 12.7 Å². The molecule has 288 valence electrons. The number of carbonyl (C=O) groups is 4. The number of rotatable bonds is 17. The van der Waals surface area contributed by atoms with E-state index in [1.165, 1.54) is 37.3 Å². The predicted molar refractivity (Wildman–Crippen MR) is 201 cm³/mol. The Kier molecular flexibility index (Phi) is 14.5. The van der Waals surface area contributed by atoms with Crippen molar-refractivity contribution in [2.24, 2.45) is 0 Å². The molecule has 3 aromatic carbocycles. The molecule has 0 saturated carbocycles. The largest absolute Gasteiger partial charge is 0.463 e. The lowest BCUT2D eigenvalue weighted by molar-refractivity contribution is -0.137. The molecule has 13 heteroatoms. The summed E-state index contributed by atoms with van der Waals surface area (Å²) in [5.74, 6) is -3.10. The van der Waals surface area contributed by atoms with Crippen molar-refractivity contribution in [3.8, 4) is 0 Å². The zero-order chi connectivity index (χ0) is 39.2. The second kappa shape index (κ2) is 19.8. The van der Waals surface area contributed by atoms with Crippen molar-refractivity contribution in [1.82, 2.24) is 9.55 Å². The molecule has 1 aliphatic heterocycles. The summed E-state index contributed by atoms with van der Waals surface area (Å²) in [6.45, 7) is 3.31. The van der Waals surface area contributed by atoms with E-state index in [1.54, 1.807) is 66.7 Å². The maximum atomic E-state index is 14.1. The number of hydrogen-bond donors (Lipinski definition) is 1. The van der Waals surface area contributed by atoms with Crippen LogP contribution >= 0.6 is 0 Å². The number of ether oxygens (including phenoxy) is 5. The van der Waals surface area contributed by atoms with Crippen LogP contribution in [-0.2, 0) is 28.5 Å². The lowest BCUT2D eigenvalue weighted by atomic mass is 10.1. The molecule has 0 amide bonds. The number of nitrogens with one attached hydrogen (secondary N) is 1. The number of H-pyrrole nitrogens is 1. The van der Waals surface area contributed by atoms with Crippen LogP contribution in [0.4, 0.5) is 0 Å². The third-order valence-corrected chi connectivity index (χ3v) is 8.93. The van der Waals surface area contributed by atoms with Crippen molar-refractivity contribution in [3.05, 3.63) is 146 Å². The minimum atomic E-state index is -1.69. The van der Waals surface area contributed by atoms with Crippen LogP contribution in [0.15, 0.2) is 107 Å². The van der Waals surface area contributed by atoms with E-state index in [2.05, 4.69) is 11.9 Å². The highest BCUT2D eigenvalue weighted by Crippen LogP contribution is 2.34. The van der Waals surface area contributed by atoms with E-state index < -0.39 is 66.3 Å². The number of aromatic nitrogens is 2. The van der Waals surface area contributed by atoms with Gasteiger partial charge in [0.15, 0.2) is 18.4 Å². The summed E-state index contributed by atoms with van der Waals surface area (Å²) in [5, 5.41) is 0. The molecule has 0 spiro atoms. The molecule has 2 heterocycles. The van der Waals surface area contributed by atoms with Gasteiger partial charge >= 0.3 is 29.6 Å². The molecular formula is C42H44N2O11. The van der Waals surface area contributed by atoms with Gasteiger partial charge in [0, 0.05) is 11.8 Å². The van der Waals surface area contributed by atoms with Crippen LogP contribution in [0.5, 0.6) is 0 Å². The first-order valence-electron chi connectivity index (χ1n) is 18.3. The first kappa shape index (κ1) is 40.1. The molecule has 1 aromatic heterocycles. The number of carbonyl (C=O) groups excluding carboxylic acids is 4. The zero-order valence-corrected chi connectivity index (χ0v) is 30.7. The summed E-state index contributed by atoms with van der Waals surface area (Å²) in [6, 6.07) is 24.0. The minimum absolute atomic E-state index is 0.0790. The molecule has 0 radical (unpaired) electrons. The summed E-state index contributed by atoms with van der Waals surface area (Å²) in [4.78, 5) is 82.9. The van der Waals surface area contributed by atoms with Gasteiger partial charge in [-0.25, -0.2) is 28.5 Å². The molecule has 13 nitrogen and oxygen atoms in total. The summed E-state index contributed by atoms with van der Waals surface area (Å²) in [6.07, 6.45) is 2.27. The standard InChI is InChI=1S/C42H44N2O11/c1-3-4-5-6-7-17-26-51-34(45)25-24-32-28(2)43-42(50)44(37(32)46)38-36(55-41(49)31-22-15-10-16-23-31)35(54-40(48)30-20-13-9-14-21-30)33(53-38)27-52-39(47)29-18-11-8-12-19-29/h8-16,18-25,33,35-36,38H,3-7,17,26-27H2,1-2H3,(H,43,50). The Balaban J connectivity index is 1.48. The molecule has 4 atom stereocenters. The third kappa shape index (κ3) is 10.8. The molecule has 0 aliphatic carbocycles. The lowest BCUT2D eigenvalue weighted by Crippen LogP contribution is -2.46. The summed E-state index contributed by atoms with van der Waals surface area (Å²) < 4.78 is 29.6. The fraction of sp³-hybridized carbons (Fsp3) is 0.333. The van der Waals surface area contributed by atoms with Gasteiger partial charge in [-0.1, -0.05) is 93.6 Å². The molecule has 55 heavy (non-hydrogen) atoms. The topological polar surface area (TPSA) is 169 Å². The highest BCUT2D eigenvalue weighted by molar-refractivity contribution is 5.91. The van der Waals surface area contributed by atoms with E-state index in [1.807, 2.05) is 0 Å². The van der Waals surface area contributed by atoms with E-state index in [9.17, 15) is 28.8 Å². The van der Waals surface area contributed by atoms with Crippen molar-refractivity contribution in [2.45, 2.75) is 76.9 Å². The Morgan fingerprint density at radius 1 is 0.709 bits per heavy atom. The van der Waals surface area contributed by atoms with Crippen LogP contribution in [0.25, 0.3) is 6.08 Å². The fourth-order valence-electron chi connectivity index (χ4n) is 6.02. The van der Waals surface area contributed by atoms with Gasteiger partial charge < -0.3 is 28.7 Å². The summed E-state index contributed by atoms with van der Waals surface area (Å²) in [5.41, 5.74) is -1.27. The lowest BCUT2D eigenvalue weighted by Gasteiger charge is -2.25. The minimum Gasteiger partial charge on any atom is -0.463 e. The van der Waals surface area contributed by atoms with E-state index in [-0.39, 0.29) is 34.6 Å². The van der Waals surface area contributed by atoms with Crippen LogP contribution in [0.1, 0.15) is 94.0 Å². The second-order valence-corrected chi connectivity index (χ2v) is 12.9. The van der Waals surface area contributed by atoms with Crippen LogP contribution in [0.2, 0.25) is 0 Å². The highest BCUT2D eigenvalue weighted by atomic mass is 16.7. The Morgan fingerprint density at radius 2 is 1.24 bits per heavy atom. The number of aromatic amines is 1. The van der Waals surface area contributed by atoms with Gasteiger partial charge in [-0.3, -0.25) is 4.79 Å². The van der Waals surface area contributed by atoms with Gasteiger partial charge in [0.2, 0.25) is 0 Å². The van der Waals surface area contributed by atoms with Crippen molar-refractivity contribution < 1.29 is 42.9 Å². The smallest absolute Gasteiger partial charge is 0.338 e. The van der Waals surface area contributed by atoms with Crippen molar-refractivity contribution in [1.29, 1.82) is 0 Å². The second-order valence-electron chi connectivity index (χ2n) is 12.9. The first-order chi connectivity index (χ1) is 26.7. The molecule has 4 aromatic rings. The Labute approximate surface area is 317 Å². The molecule has 4 unspecified atom stereocenters. The molecule has 5 rings (SSSR count). The number of unbranched alkanes of at least 4 members (excludes halogenated alkanes) is 5. The van der Waals surface area contributed by atoms with Gasteiger partial charge in [0.05, 0.1) is 28.9 Å². The first-order valence-corrected chi connectivity index (χ1v) is 18.3. The maximum Gasteiger partial charge on any atom is 0.338 e. The van der Waals surface area contributed by atoms with E-state index in [0.29, 0.717) is 11.0 Å².